The van der Waals surface area contributed by atoms with Crippen molar-refractivity contribution >= 4 is 11.3 Å². The van der Waals surface area contributed by atoms with Crippen molar-refractivity contribution in [2.24, 2.45) is 0 Å². The monoisotopic (exact) mass is 178 g/mol. The minimum Gasteiger partial charge on any atom is -0.389 e. The summed E-state index contributed by atoms with van der Waals surface area (Å²) in [5, 5.41) is 13.3. The third kappa shape index (κ3) is 1.23. The number of hydrogen-bond donors (Lipinski definition) is 2. The van der Waals surface area contributed by atoms with Gasteiger partial charge in [0.1, 0.15) is 11.8 Å². The van der Waals surface area contributed by atoms with Crippen LogP contribution in [0.15, 0.2) is 18.6 Å². The van der Waals surface area contributed by atoms with Crippen LogP contribution >= 0.6 is 0 Å². The molecule has 0 saturated heterocycles. The molecular formula is C8H10N4O. The van der Waals surface area contributed by atoms with Crippen LogP contribution in [0, 0.1) is 0 Å². The zero-order valence-corrected chi connectivity index (χ0v) is 7.18. The van der Waals surface area contributed by atoms with Gasteiger partial charge in [-0.25, -0.2) is 9.50 Å². The van der Waals surface area contributed by atoms with Crippen molar-refractivity contribution in [2.75, 3.05) is 5.73 Å². The Bertz CT molecular complexity index is 435. The molecule has 0 spiro atoms. The highest BCUT2D eigenvalue weighted by atomic mass is 16.3. The first kappa shape index (κ1) is 8.00. The average molecular weight is 178 g/mol. The van der Waals surface area contributed by atoms with Gasteiger partial charge in [-0.2, -0.15) is 5.10 Å². The van der Waals surface area contributed by atoms with Crippen LogP contribution in [0.5, 0.6) is 0 Å². The van der Waals surface area contributed by atoms with E-state index in [9.17, 15) is 5.11 Å². The summed E-state index contributed by atoms with van der Waals surface area (Å²) in [5.74, 6) is 0.418. The number of rotatable bonds is 1. The Kier molecular flexibility index (Phi) is 1.66. The molecule has 68 valence electrons. The zero-order valence-electron chi connectivity index (χ0n) is 7.18. The first-order valence-corrected chi connectivity index (χ1v) is 3.95. The number of aromatic nitrogens is 3. The fourth-order valence-electron chi connectivity index (χ4n) is 1.20. The molecule has 0 aliphatic carbocycles. The molecule has 0 aliphatic rings. The Morgan fingerprint density at radius 1 is 1.62 bits per heavy atom. The van der Waals surface area contributed by atoms with Crippen LogP contribution in [0.2, 0.25) is 0 Å². The molecule has 2 aromatic heterocycles. The second kappa shape index (κ2) is 2.70. The highest BCUT2D eigenvalue weighted by molar-refractivity contribution is 5.65. The Morgan fingerprint density at radius 2 is 2.38 bits per heavy atom. The van der Waals surface area contributed by atoms with Gasteiger partial charge in [0.05, 0.1) is 6.10 Å². The number of anilines is 1. The summed E-state index contributed by atoms with van der Waals surface area (Å²) < 4.78 is 1.60. The van der Waals surface area contributed by atoms with Crippen molar-refractivity contribution in [3.8, 4) is 0 Å². The molecular weight excluding hydrogens is 168 g/mol. The van der Waals surface area contributed by atoms with Crippen molar-refractivity contribution < 1.29 is 5.11 Å². The molecule has 3 N–H and O–H groups in total. The second-order valence-corrected chi connectivity index (χ2v) is 2.92. The van der Waals surface area contributed by atoms with Crippen LogP contribution in [0.1, 0.15) is 18.6 Å². The van der Waals surface area contributed by atoms with Crippen LogP contribution < -0.4 is 5.73 Å². The number of fused-ring (bicyclic) bond motifs is 1. The van der Waals surface area contributed by atoms with E-state index in [4.69, 9.17) is 5.73 Å². The molecule has 0 fully saturated rings. The van der Waals surface area contributed by atoms with E-state index in [-0.39, 0.29) is 0 Å². The van der Waals surface area contributed by atoms with Crippen LogP contribution in [-0.2, 0) is 0 Å². The number of nitrogen functional groups attached to an aromatic ring is 1. The lowest BCUT2D eigenvalue weighted by atomic mass is 10.2. The van der Waals surface area contributed by atoms with Gasteiger partial charge in [0.2, 0.25) is 0 Å². The zero-order chi connectivity index (χ0) is 9.42. The third-order valence-electron chi connectivity index (χ3n) is 1.94. The van der Waals surface area contributed by atoms with Crippen molar-refractivity contribution in [1.82, 2.24) is 14.6 Å². The Hall–Kier alpha value is -1.62. The molecule has 2 rings (SSSR count). The van der Waals surface area contributed by atoms with Crippen molar-refractivity contribution in [3.05, 3.63) is 24.2 Å². The van der Waals surface area contributed by atoms with Gasteiger partial charge in [-0.05, 0) is 13.0 Å². The maximum atomic E-state index is 9.31. The van der Waals surface area contributed by atoms with Crippen LogP contribution in [0.3, 0.4) is 0 Å². The number of nitrogens with zero attached hydrogens (tertiary/aromatic N) is 3. The largest absolute Gasteiger partial charge is 0.389 e. The molecule has 2 aromatic rings. The molecule has 2 heterocycles. The minimum absolute atomic E-state index is 0.418. The van der Waals surface area contributed by atoms with Gasteiger partial charge in [-0.15, -0.1) is 0 Å². The fourth-order valence-corrected chi connectivity index (χ4v) is 1.20. The summed E-state index contributed by atoms with van der Waals surface area (Å²) in [6.07, 6.45) is 2.60. The Balaban J connectivity index is 2.68. The molecule has 0 saturated carbocycles. The van der Waals surface area contributed by atoms with E-state index in [2.05, 4.69) is 10.1 Å². The smallest absolute Gasteiger partial charge is 0.151 e. The quantitative estimate of drug-likeness (QED) is 0.661. The van der Waals surface area contributed by atoms with E-state index < -0.39 is 6.10 Å². The fraction of sp³-hybridized carbons (Fsp3) is 0.250. The van der Waals surface area contributed by atoms with Gasteiger partial charge in [0.15, 0.2) is 5.82 Å². The Labute approximate surface area is 74.8 Å². The predicted molar refractivity (Wildman–Crippen MR) is 48.0 cm³/mol. The van der Waals surface area contributed by atoms with Gasteiger partial charge >= 0.3 is 0 Å². The highest BCUT2D eigenvalue weighted by Crippen LogP contribution is 2.18. The van der Waals surface area contributed by atoms with Gasteiger partial charge in [0, 0.05) is 11.8 Å². The van der Waals surface area contributed by atoms with Gasteiger partial charge in [-0.1, -0.05) is 0 Å². The topological polar surface area (TPSA) is 76.4 Å². The SMILES string of the molecule is CC(O)c1cc2c(N)ncnn2c1. The Morgan fingerprint density at radius 3 is 3.00 bits per heavy atom. The molecule has 0 bridgehead atoms. The third-order valence-corrected chi connectivity index (χ3v) is 1.94. The molecule has 5 heteroatoms. The van der Waals surface area contributed by atoms with Crippen LogP contribution in [0.25, 0.3) is 5.52 Å². The van der Waals surface area contributed by atoms with E-state index in [0.717, 1.165) is 11.1 Å². The summed E-state index contributed by atoms with van der Waals surface area (Å²) in [6, 6.07) is 1.78. The summed E-state index contributed by atoms with van der Waals surface area (Å²) in [4.78, 5) is 3.84. The van der Waals surface area contributed by atoms with Crippen LogP contribution in [-0.4, -0.2) is 19.7 Å². The molecule has 0 aromatic carbocycles. The van der Waals surface area contributed by atoms with Crippen molar-refractivity contribution in [2.45, 2.75) is 13.0 Å². The molecule has 1 atom stereocenters. The van der Waals surface area contributed by atoms with Crippen LogP contribution in [0.4, 0.5) is 5.82 Å². The van der Waals surface area contributed by atoms with Gasteiger partial charge in [0.25, 0.3) is 0 Å². The lowest BCUT2D eigenvalue weighted by Gasteiger charge is -1.95. The summed E-state index contributed by atoms with van der Waals surface area (Å²) in [5.41, 5.74) is 7.12. The first-order valence-electron chi connectivity index (χ1n) is 3.95. The second-order valence-electron chi connectivity index (χ2n) is 2.92. The first-order chi connectivity index (χ1) is 6.18. The number of hydrogen-bond acceptors (Lipinski definition) is 4. The molecule has 13 heavy (non-hydrogen) atoms. The predicted octanol–water partition coefficient (Wildman–Crippen LogP) is 0.365. The maximum Gasteiger partial charge on any atom is 0.151 e. The van der Waals surface area contributed by atoms with Crippen molar-refractivity contribution in [3.63, 3.8) is 0 Å². The van der Waals surface area contributed by atoms with E-state index in [0.29, 0.717) is 5.82 Å². The number of nitrogens with two attached hydrogens (primary N) is 1. The van der Waals surface area contributed by atoms with E-state index in [1.807, 2.05) is 0 Å². The lowest BCUT2D eigenvalue weighted by Crippen LogP contribution is -1.97. The van der Waals surface area contributed by atoms with Gasteiger partial charge < -0.3 is 10.8 Å². The number of aliphatic hydroxyl groups excluding tert-OH is 1. The van der Waals surface area contributed by atoms with E-state index >= 15 is 0 Å². The molecule has 0 aliphatic heterocycles. The summed E-state index contributed by atoms with van der Waals surface area (Å²) in [6.45, 7) is 1.69. The molecule has 1 unspecified atom stereocenters. The average Bonchev–Trinajstić information content (AvgIpc) is 2.49. The highest BCUT2D eigenvalue weighted by Gasteiger charge is 2.07. The van der Waals surface area contributed by atoms with E-state index in [1.165, 1.54) is 6.33 Å². The standard InChI is InChI=1S/C8H10N4O/c1-5(13)6-2-7-8(9)10-4-11-12(7)3-6/h2-5,13H,1H3,(H2,9,10,11). The normalized spacial score (nSPS) is 13.4. The lowest BCUT2D eigenvalue weighted by molar-refractivity contribution is 0.199. The molecule has 0 amide bonds. The summed E-state index contributed by atoms with van der Waals surface area (Å²) >= 11 is 0. The number of aliphatic hydroxyl groups is 1. The summed E-state index contributed by atoms with van der Waals surface area (Å²) in [7, 11) is 0. The maximum absolute atomic E-state index is 9.31. The molecule has 0 radical (unpaired) electrons. The molecule has 5 nitrogen and oxygen atoms in total. The van der Waals surface area contributed by atoms with E-state index in [1.54, 1.807) is 23.7 Å². The minimum atomic E-state index is -0.513. The van der Waals surface area contributed by atoms with Crippen molar-refractivity contribution in [1.29, 1.82) is 0 Å². The van der Waals surface area contributed by atoms with Gasteiger partial charge in [-0.3, -0.25) is 0 Å².